The number of halogens is 1. The molecule has 1 N–H and O–H groups in total. The maximum Gasteiger partial charge on any atom is 0.264 e. The molecule has 0 aliphatic rings. The molecule has 0 bridgehead atoms. The number of methoxy groups -OCH3 is 1. The van der Waals surface area contributed by atoms with Crippen LogP contribution in [0, 0.1) is 0 Å². The summed E-state index contributed by atoms with van der Waals surface area (Å²) in [6.07, 6.45) is 0. The van der Waals surface area contributed by atoms with Gasteiger partial charge in [0.2, 0.25) is 5.91 Å². The zero-order valence-electron chi connectivity index (χ0n) is 19.2. The maximum atomic E-state index is 13.6. The minimum Gasteiger partial charge on any atom is -0.496 e. The van der Waals surface area contributed by atoms with Crippen LogP contribution in [0.3, 0.4) is 0 Å². The van der Waals surface area contributed by atoms with Crippen LogP contribution in [0.2, 0.25) is 5.02 Å². The zero-order valence-corrected chi connectivity index (χ0v) is 20.8. The summed E-state index contributed by atoms with van der Waals surface area (Å²) in [5, 5.41) is 3.27. The third-order valence-electron chi connectivity index (χ3n) is 5.11. The first-order valence-corrected chi connectivity index (χ1v) is 12.5. The summed E-state index contributed by atoms with van der Waals surface area (Å²) in [5.41, 5.74) is 1.04. The molecule has 0 aliphatic carbocycles. The lowest BCUT2D eigenvalue weighted by molar-refractivity contribution is -0.120. The molecule has 3 aromatic carbocycles. The molecule has 0 fully saturated rings. The molecular formula is C25H27ClN2O5S. The number of amides is 1. The second-order valence-electron chi connectivity index (χ2n) is 7.40. The number of benzene rings is 3. The molecule has 3 aromatic rings. The maximum absolute atomic E-state index is 13.6. The van der Waals surface area contributed by atoms with E-state index in [0.29, 0.717) is 23.1 Å². The molecule has 0 aromatic heterocycles. The molecule has 34 heavy (non-hydrogen) atoms. The van der Waals surface area contributed by atoms with Crippen molar-refractivity contribution in [2.45, 2.75) is 24.8 Å². The third kappa shape index (κ3) is 5.81. The van der Waals surface area contributed by atoms with Gasteiger partial charge in [-0.2, -0.15) is 0 Å². The van der Waals surface area contributed by atoms with Crippen LogP contribution < -0.4 is 19.1 Å². The second kappa shape index (κ2) is 11.3. The Morgan fingerprint density at radius 2 is 1.62 bits per heavy atom. The number of hydrogen-bond donors (Lipinski definition) is 1. The highest BCUT2D eigenvalue weighted by atomic mass is 35.5. The fourth-order valence-electron chi connectivity index (χ4n) is 3.49. The molecule has 0 aliphatic heterocycles. The molecule has 1 amide bonds. The zero-order chi connectivity index (χ0) is 24.7. The number of hydrogen-bond acceptors (Lipinski definition) is 5. The van der Waals surface area contributed by atoms with Gasteiger partial charge < -0.3 is 14.8 Å². The van der Waals surface area contributed by atoms with Crippen molar-refractivity contribution in [2.24, 2.45) is 0 Å². The normalized spacial score (nSPS) is 12.0. The van der Waals surface area contributed by atoms with Crippen LogP contribution in [0.1, 0.15) is 25.5 Å². The standard InChI is InChI=1S/C25H27ClN2O5S/c1-4-33-24-12-8-6-10-22(24)28(34(30,31)20-15-13-19(26)14-16-20)17-25(29)27-18(2)21-9-5-7-11-23(21)32-3/h5-16,18H,4,17H2,1-3H3,(H,27,29). The van der Waals surface area contributed by atoms with Gasteiger partial charge in [-0.25, -0.2) is 8.42 Å². The Morgan fingerprint density at radius 1 is 1.00 bits per heavy atom. The van der Waals surface area contributed by atoms with Crippen LogP contribution in [-0.4, -0.2) is 34.6 Å². The first-order chi connectivity index (χ1) is 16.3. The van der Waals surface area contributed by atoms with Gasteiger partial charge in [-0.15, -0.1) is 0 Å². The highest BCUT2D eigenvalue weighted by Gasteiger charge is 2.30. The number of carbonyl (C=O) groups excluding carboxylic acids is 1. The number of sulfonamides is 1. The summed E-state index contributed by atoms with van der Waals surface area (Å²) in [4.78, 5) is 13.1. The Hall–Kier alpha value is -3.23. The molecule has 7 nitrogen and oxygen atoms in total. The lowest BCUT2D eigenvalue weighted by Gasteiger charge is -2.27. The molecule has 9 heteroatoms. The Bertz CT molecular complexity index is 1230. The number of rotatable bonds is 10. The van der Waals surface area contributed by atoms with Crippen molar-refractivity contribution < 1.29 is 22.7 Å². The quantitative estimate of drug-likeness (QED) is 0.429. The van der Waals surface area contributed by atoms with Crippen molar-refractivity contribution in [2.75, 3.05) is 24.6 Å². The highest BCUT2D eigenvalue weighted by molar-refractivity contribution is 7.92. The average Bonchev–Trinajstić information content (AvgIpc) is 2.83. The van der Waals surface area contributed by atoms with Crippen LogP contribution in [0.5, 0.6) is 11.5 Å². The molecule has 0 heterocycles. The second-order valence-corrected chi connectivity index (χ2v) is 9.70. The predicted octanol–water partition coefficient (Wildman–Crippen LogP) is 4.82. The Morgan fingerprint density at radius 3 is 2.26 bits per heavy atom. The minimum atomic E-state index is -4.11. The summed E-state index contributed by atoms with van der Waals surface area (Å²) in [7, 11) is -2.56. The first-order valence-electron chi connectivity index (χ1n) is 10.7. The van der Waals surface area contributed by atoms with E-state index in [1.165, 1.54) is 24.3 Å². The summed E-state index contributed by atoms with van der Waals surface area (Å²) in [5.74, 6) is 0.498. The first kappa shape index (κ1) is 25.4. The van der Waals surface area contributed by atoms with Gasteiger partial charge in [-0.1, -0.05) is 41.9 Å². The van der Waals surface area contributed by atoms with Crippen molar-refractivity contribution in [1.29, 1.82) is 0 Å². The minimum absolute atomic E-state index is 0.00813. The van der Waals surface area contributed by atoms with Gasteiger partial charge in [-0.05, 0) is 56.3 Å². The van der Waals surface area contributed by atoms with Crippen molar-refractivity contribution in [3.05, 3.63) is 83.4 Å². The van der Waals surface area contributed by atoms with Gasteiger partial charge in [-0.3, -0.25) is 9.10 Å². The molecule has 3 rings (SSSR count). The summed E-state index contributed by atoms with van der Waals surface area (Å²) < 4.78 is 39.3. The van der Waals surface area contributed by atoms with E-state index in [0.717, 1.165) is 9.87 Å². The Kier molecular flexibility index (Phi) is 8.41. The molecule has 0 radical (unpaired) electrons. The van der Waals surface area contributed by atoms with Crippen LogP contribution in [-0.2, 0) is 14.8 Å². The van der Waals surface area contributed by atoms with Crippen molar-refractivity contribution >= 4 is 33.2 Å². The van der Waals surface area contributed by atoms with Crippen LogP contribution >= 0.6 is 11.6 Å². The van der Waals surface area contributed by atoms with Gasteiger partial charge in [0, 0.05) is 10.6 Å². The molecule has 1 atom stereocenters. The molecular weight excluding hydrogens is 476 g/mol. The van der Waals surface area contributed by atoms with Crippen molar-refractivity contribution in [3.63, 3.8) is 0 Å². The topological polar surface area (TPSA) is 84.9 Å². The summed E-state index contributed by atoms with van der Waals surface area (Å²) >= 11 is 5.95. The number of carbonyl (C=O) groups is 1. The number of ether oxygens (including phenoxy) is 2. The largest absolute Gasteiger partial charge is 0.496 e. The van der Waals surface area contributed by atoms with E-state index in [1.54, 1.807) is 44.4 Å². The van der Waals surface area contributed by atoms with E-state index in [2.05, 4.69) is 5.32 Å². The van der Waals surface area contributed by atoms with Gasteiger partial charge >= 0.3 is 0 Å². The van der Waals surface area contributed by atoms with E-state index in [1.807, 2.05) is 25.1 Å². The van der Waals surface area contributed by atoms with Gasteiger partial charge in [0.15, 0.2) is 0 Å². The SMILES string of the molecule is CCOc1ccccc1N(CC(=O)NC(C)c1ccccc1OC)S(=O)(=O)c1ccc(Cl)cc1. The van der Waals surface area contributed by atoms with E-state index >= 15 is 0 Å². The predicted molar refractivity (Wildman–Crippen MR) is 133 cm³/mol. The monoisotopic (exact) mass is 502 g/mol. The average molecular weight is 503 g/mol. The summed E-state index contributed by atoms with van der Waals surface area (Å²) in [6, 6.07) is 19.4. The van der Waals surface area contributed by atoms with Gasteiger partial charge in [0.25, 0.3) is 10.0 Å². The molecule has 0 saturated carbocycles. The van der Waals surface area contributed by atoms with Gasteiger partial charge in [0.05, 0.1) is 30.3 Å². The van der Waals surface area contributed by atoms with Crippen LogP contribution in [0.4, 0.5) is 5.69 Å². The lowest BCUT2D eigenvalue weighted by atomic mass is 10.1. The fraction of sp³-hybridized carbons (Fsp3) is 0.240. The number of anilines is 1. The van der Waals surface area contributed by atoms with E-state index in [4.69, 9.17) is 21.1 Å². The fourth-order valence-corrected chi connectivity index (χ4v) is 5.05. The van der Waals surface area contributed by atoms with Crippen molar-refractivity contribution in [3.8, 4) is 11.5 Å². The summed E-state index contributed by atoms with van der Waals surface area (Å²) in [6.45, 7) is 3.50. The van der Waals surface area contributed by atoms with Gasteiger partial charge in [0.1, 0.15) is 18.0 Å². The number of nitrogens with one attached hydrogen (secondary N) is 1. The Labute approximate surface area is 205 Å². The van der Waals surface area contributed by atoms with Crippen LogP contribution in [0.25, 0.3) is 0 Å². The van der Waals surface area contributed by atoms with E-state index < -0.39 is 28.5 Å². The highest BCUT2D eigenvalue weighted by Crippen LogP contribution is 2.33. The number of nitrogens with zero attached hydrogens (tertiary/aromatic N) is 1. The van der Waals surface area contributed by atoms with E-state index in [-0.39, 0.29) is 10.6 Å². The smallest absolute Gasteiger partial charge is 0.264 e. The Balaban J connectivity index is 1.96. The lowest BCUT2D eigenvalue weighted by Crippen LogP contribution is -2.41. The molecule has 1 unspecified atom stereocenters. The third-order valence-corrected chi connectivity index (χ3v) is 7.13. The number of para-hydroxylation sites is 3. The molecule has 0 saturated heterocycles. The van der Waals surface area contributed by atoms with E-state index in [9.17, 15) is 13.2 Å². The van der Waals surface area contributed by atoms with Crippen LogP contribution in [0.15, 0.2) is 77.7 Å². The molecule has 180 valence electrons. The molecule has 0 spiro atoms. The van der Waals surface area contributed by atoms with Crippen molar-refractivity contribution in [1.82, 2.24) is 5.32 Å².